The van der Waals surface area contributed by atoms with Crippen LogP contribution >= 0.6 is 0 Å². The second kappa shape index (κ2) is 9.42. The molecule has 2 unspecified atom stereocenters. The molecule has 2 rings (SSSR count). The fraction of sp³-hybridized carbons (Fsp3) is 0.579. The Kier molecular flexibility index (Phi) is 7.25. The molecular weight excluding hydrogens is 302 g/mol. The van der Waals surface area contributed by atoms with Gasteiger partial charge < -0.3 is 15.4 Å². The summed E-state index contributed by atoms with van der Waals surface area (Å²) in [7, 11) is 0. The van der Waals surface area contributed by atoms with E-state index in [0.29, 0.717) is 12.3 Å². The third kappa shape index (κ3) is 5.64. The number of pyridine rings is 1. The summed E-state index contributed by atoms with van der Waals surface area (Å²) >= 11 is 0. The van der Waals surface area contributed by atoms with Gasteiger partial charge in [-0.1, -0.05) is 19.1 Å². The van der Waals surface area contributed by atoms with Crippen LogP contribution in [0.2, 0.25) is 0 Å². The maximum absolute atomic E-state index is 11.1. The zero-order chi connectivity index (χ0) is 17.4. The number of hydrogen-bond acceptors (Lipinski definition) is 4. The van der Waals surface area contributed by atoms with Crippen LogP contribution in [0.3, 0.4) is 0 Å². The number of carbonyl (C=O) groups excluding carboxylic acids is 1. The summed E-state index contributed by atoms with van der Waals surface area (Å²) in [5.41, 5.74) is 6.43. The summed E-state index contributed by atoms with van der Waals surface area (Å²) in [4.78, 5) is 18.2. The first-order valence-electron chi connectivity index (χ1n) is 8.79. The summed E-state index contributed by atoms with van der Waals surface area (Å²) < 4.78 is 5.39. The lowest BCUT2D eigenvalue weighted by atomic mass is 9.87. The summed E-state index contributed by atoms with van der Waals surface area (Å²) in [6.45, 7) is 9.34. The van der Waals surface area contributed by atoms with E-state index in [0.717, 1.165) is 57.1 Å². The lowest BCUT2D eigenvalue weighted by Crippen LogP contribution is -2.36. The molecule has 0 saturated carbocycles. The third-order valence-electron chi connectivity index (χ3n) is 4.69. The Bertz CT molecular complexity index is 541. The highest BCUT2D eigenvalue weighted by Crippen LogP contribution is 2.22. The summed E-state index contributed by atoms with van der Waals surface area (Å²) in [6, 6.07) is 6.23. The van der Waals surface area contributed by atoms with Gasteiger partial charge in [0, 0.05) is 25.2 Å². The van der Waals surface area contributed by atoms with Crippen LogP contribution in [0.1, 0.15) is 31.9 Å². The maximum Gasteiger partial charge on any atom is 0.218 e. The first-order valence-corrected chi connectivity index (χ1v) is 8.79. The normalized spacial score (nSPS) is 17.3. The van der Waals surface area contributed by atoms with E-state index in [1.165, 1.54) is 0 Å². The van der Waals surface area contributed by atoms with Crippen molar-refractivity contribution in [1.29, 1.82) is 0 Å². The van der Waals surface area contributed by atoms with Crippen LogP contribution in [0, 0.1) is 11.8 Å². The number of nitrogens with two attached hydrogens (primary N) is 1. The molecule has 5 nitrogen and oxygen atoms in total. The minimum Gasteiger partial charge on any atom is -0.378 e. The van der Waals surface area contributed by atoms with Crippen molar-refractivity contribution < 1.29 is 9.53 Å². The zero-order valence-electron chi connectivity index (χ0n) is 14.6. The van der Waals surface area contributed by atoms with Crippen molar-refractivity contribution in [2.75, 3.05) is 31.2 Å². The molecule has 2 heterocycles. The molecule has 1 aliphatic rings. The molecule has 1 saturated heterocycles. The van der Waals surface area contributed by atoms with Gasteiger partial charge in [0.1, 0.15) is 5.82 Å². The van der Waals surface area contributed by atoms with E-state index in [-0.39, 0.29) is 11.8 Å². The van der Waals surface area contributed by atoms with Crippen LogP contribution in [0.15, 0.2) is 30.9 Å². The molecule has 0 aliphatic carbocycles. The molecule has 0 radical (unpaired) electrons. The van der Waals surface area contributed by atoms with Crippen LogP contribution < -0.4 is 10.6 Å². The van der Waals surface area contributed by atoms with Crippen molar-refractivity contribution in [1.82, 2.24) is 4.98 Å². The number of primary amides is 1. The van der Waals surface area contributed by atoms with Crippen molar-refractivity contribution in [3.05, 3.63) is 36.5 Å². The Morgan fingerprint density at radius 3 is 2.88 bits per heavy atom. The predicted octanol–water partition coefficient (Wildman–Crippen LogP) is 2.55. The largest absolute Gasteiger partial charge is 0.378 e. The average Bonchev–Trinajstić information content (AvgIpc) is 2.60. The van der Waals surface area contributed by atoms with E-state index >= 15 is 0 Å². The van der Waals surface area contributed by atoms with Gasteiger partial charge in [-0.25, -0.2) is 4.98 Å². The number of morpholine rings is 1. The fourth-order valence-corrected chi connectivity index (χ4v) is 3.14. The Hall–Kier alpha value is -1.88. The third-order valence-corrected chi connectivity index (χ3v) is 4.69. The van der Waals surface area contributed by atoms with Gasteiger partial charge in [-0.05, 0) is 43.2 Å². The van der Waals surface area contributed by atoms with Crippen molar-refractivity contribution in [3.63, 3.8) is 0 Å². The number of rotatable bonds is 9. The van der Waals surface area contributed by atoms with Crippen molar-refractivity contribution in [2.24, 2.45) is 17.6 Å². The Labute approximate surface area is 144 Å². The highest BCUT2D eigenvalue weighted by Gasteiger charge is 2.16. The van der Waals surface area contributed by atoms with Gasteiger partial charge in [0.25, 0.3) is 0 Å². The Morgan fingerprint density at radius 2 is 2.21 bits per heavy atom. The van der Waals surface area contributed by atoms with E-state index in [1.54, 1.807) is 0 Å². The molecule has 2 atom stereocenters. The molecule has 1 aromatic heterocycles. The number of amides is 1. The lowest BCUT2D eigenvalue weighted by molar-refractivity contribution is -0.118. The van der Waals surface area contributed by atoms with Gasteiger partial charge in [-0.3, -0.25) is 4.79 Å². The fourth-order valence-electron chi connectivity index (χ4n) is 3.14. The van der Waals surface area contributed by atoms with Crippen LogP contribution in [0.5, 0.6) is 0 Å². The zero-order valence-corrected chi connectivity index (χ0v) is 14.6. The van der Waals surface area contributed by atoms with Crippen molar-refractivity contribution in [2.45, 2.75) is 32.6 Å². The van der Waals surface area contributed by atoms with E-state index < -0.39 is 0 Å². The average molecular weight is 331 g/mol. The van der Waals surface area contributed by atoms with Gasteiger partial charge in [0.05, 0.1) is 13.2 Å². The summed E-state index contributed by atoms with van der Waals surface area (Å²) in [5.74, 6) is 1.35. The monoisotopic (exact) mass is 331 g/mol. The molecule has 0 bridgehead atoms. The number of hydrogen-bond donors (Lipinski definition) is 1. The highest BCUT2D eigenvalue weighted by atomic mass is 16.5. The summed E-state index contributed by atoms with van der Waals surface area (Å²) in [6.07, 6.45) is 5.27. The van der Waals surface area contributed by atoms with Gasteiger partial charge in [-0.2, -0.15) is 0 Å². The first kappa shape index (κ1) is 18.5. The first-order chi connectivity index (χ1) is 11.6. The van der Waals surface area contributed by atoms with Gasteiger partial charge in [0.15, 0.2) is 0 Å². The summed E-state index contributed by atoms with van der Waals surface area (Å²) in [5, 5.41) is 0. The molecule has 1 fully saturated rings. The number of allylic oxidation sites excluding steroid dienone is 1. The molecule has 1 aliphatic heterocycles. The van der Waals surface area contributed by atoms with Crippen molar-refractivity contribution >= 4 is 11.7 Å². The van der Waals surface area contributed by atoms with E-state index in [1.807, 2.05) is 6.08 Å². The van der Waals surface area contributed by atoms with Gasteiger partial charge >= 0.3 is 0 Å². The predicted molar refractivity (Wildman–Crippen MR) is 96.9 cm³/mol. The standard InChI is InChI=1S/C19H29N3O2/c1-3-16(14-18(20)23)15(2)6-4-7-17-8-5-9-19(21-17)22-10-12-24-13-11-22/h3,5,8-9,15-16H,1,4,6-7,10-14H2,2H3,(H2,20,23). The van der Waals surface area contributed by atoms with Crippen molar-refractivity contribution in [3.8, 4) is 0 Å². The van der Waals surface area contributed by atoms with E-state index in [2.05, 4.69) is 36.6 Å². The quantitative estimate of drug-likeness (QED) is 0.706. The number of carbonyl (C=O) groups is 1. The smallest absolute Gasteiger partial charge is 0.218 e. The number of aryl methyl sites for hydroxylation is 1. The molecular formula is C19H29N3O2. The number of aromatic nitrogens is 1. The van der Waals surface area contributed by atoms with Gasteiger partial charge in [-0.15, -0.1) is 6.58 Å². The minimum absolute atomic E-state index is 0.162. The highest BCUT2D eigenvalue weighted by molar-refractivity contribution is 5.74. The minimum atomic E-state index is -0.258. The second-order valence-corrected chi connectivity index (χ2v) is 6.53. The molecule has 0 spiro atoms. The number of anilines is 1. The number of nitrogens with zero attached hydrogens (tertiary/aromatic N) is 2. The molecule has 5 heteroatoms. The van der Waals surface area contributed by atoms with E-state index in [4.69, 9.17) is 15.5 Å². The van der Waals surface area contributed by atoms with Crippen LogP contribution in [0.25, 0.3) is 0 Å². The van der Waals surface area contributed by atoms with Crippen LogP contribution in [-0.2, 0) is 16.0 Å². The maximum atomic E-state index is 11.1. The Balaban J connectivity index is 1.83. The molecule has 1 aromatic rings. The lowest BCUT2D eigenvalue weighted by Gasteiger charge is -2.28. The number of ether oxygens (including phenoxy) is 1. The molecule has 1 amide bonds. The molecule has 132 valence electrons. The van der Waals surface area contributed by atoms with Crippen LogP contribution in [0.4, 0.5) is 5.82 Å². The topological polar surface area (TPSA) is 68.5 Å². The van der Waals surface area contributed by atoms with Crippen LogP contribution in [-0.4, -0.2) is 37.2 Å². The Morgan fingerprint density at radius 1 is 1.46 bits per heavy atom. The molecule has 0 aromatic carbocycles. The molecule has 2 N–H and O–H groups in total. The molecule has 24 heavy (non-hydrogen) atoms. The van der Waals surface area contributed by atoms with Gasteiger partial charge in [0.2, 0.25) is 5.91 Å². The SMILES string of the molecule is C=CC(CC(N)=O)C(C)CCCc1cccc(N2CCOCC2)n1. The second-order valence-electron chi connectivity index (χ2n) is 6.53. The van der Waals surface area contributed by atoms with E-state index in [9.17, 15) is 4.79 Å².